The fraction of sp³-hybridized carbons (Fsp3) is 0.636. The van der Waals surface area contributed by atoms with Gasteiger partial charge in [0.15, 0.2) is 0 Å². The van der Waals surface area contributed by atoms with E-state index in [0.29, 0.717) is 6.54 Å². The van der Waals surface area contributed by atoms with Crippen LogP contribution in [0.1, 0.15) is 53.1 Å². The number of carbonyl (C=O) groups is 1. The minimum Gasteiger partial charge on any atom is -0.453 e. The van der Waals surface area contributed by atoms with Crippen LogP contribution in [-0.4, -0.2) is 64.3 Å². The molecule has 0 saturated carbocycles. The first-order chi connectivity index (χ1) is 13.9. The fourth-order valence-corrected chi connectivity index (χ4v) is 4.76. The number of amides is 1. The summed E-state index contributed by atoms with van der Waals surface area (Å²) in [5, 5.41) is 0. The highest BCUT2D eigenvalue weighted by Crippen LogP contribution is 2.33. The highest BCUT2D eigenvalue weighted by Gasteiger charge is 2.42. The molecule has 2 saturated heterocycles. The molecule has 1 aromatic carbocycles. The van der Waals surface area contributed by atoms with Gasteiger partial charge in [-0.3, -0.25) is 9.47 Å². The molecule has 7 nitrogen and oxygen atoms in total. The summed E-state index contributed by atoms with van der Waals surface area (Å²) in [5.41, 5.74) is 3.03. The van der Waals surface area contributed by atoms with E-state index in [9.17, 15) is 9.59 Å². The Morgan fingerprint density at radius 2 is 1.93 bits per heavy atom. The number of nitrogens with one attached hydrogen (secondary N) is 1. The van der Waals surface area contributed by atoms with Crippen molar-refractivity contribution in [2.45, 2.75) is 58.5 Å². The first-order valence-electron chi connectivity index (χ1n) is 10.7. The second-order valence-electron chi connectivity index (χ2n) is 8.18. The number of carbonyl (C=O) groups excluding carboxylic acids is 1. The maximum Gasteiger partial charge on any atom is 0.409 e. The summed E-state index contributed by atoms with van der Waals surface area (Å²) in [6.45, 7) is 11.6. The third-order valence-electron chi connectivity index (χ3n) is 6.35. The third-order valence-corrected chi connectivity index (χ3v) is 6.35. The van der Waals surface area contributed by atoms with E-state index in [1.54, 1.807) is 4.90 Å². The van der Waals surface area contributed by atoms with Crippen LogP contribution in [0.2, 0.25) is 0 Å². The minimum atomic E-state index is -0.241. The van der Waals surface area contributed by atoms with Crippen LogP contribution in [0.5, 0.6) is 0 Å². The van der Waals surface area contributed by atoms with Crippen LogP contribution in [0.25, 0.3) is 11.0 Å². The molecule has 29 heavy (non-hydrogen) atoms. The largest absolute Gasteiger partial charge is 0.453 e. The van der Waals surface area contributed by atoms with Gasteiger partial charge in [-0.15, -0.1) is 0 Å². The monoisotopic (exact) mass is 404 g/mol. The summed E-state index contributed by atoms with van der Waals surface area (Å²) in [6, 6.07) is 6.35. The number of fused-ring (bicyclic) bond motifs is 1. The van der Waals surface area contributed by atoms with Crippen LogP contribution < -0.4 is 5.69 Å². The molecule has 3 heterocycles. The van der Waals surface area contributed by atoms with E-state index < -0.39 is 0 Å². The van der Waals surface area contributed by atoms with Crippen molar-refractivity contribution in [1.82, 2.24) is 19.4 Å². The molecule has 4 rings (SSSR count). The van der Waals surface area contributed by atoms with Crippen LogP contribution in [0.4, 0.5) is 4.79 Å². The number of rotatable bonds is 2. The molecule has 0 bridgehead atoms. The number of hydrogen-bond donors (Lipinski definition) is 1. The van der Waals surface area contributed by atoms with Crippen LogP contribution in [0, 0.1) is 6.92 Å². The highest BCUT2D eigenvalue weighted by atomic mass is 16.5. The Morgan fingerprint density at radius 3 is 2.59 bits per heavy atom. The van der Waals surface area contributed by atoms with Gasteiger partial charge in [-0.05, 0) is 50.8 Å². The number of ether oxygens (including phenoxy) is 1. The lowest BCUT2D eigenvalue weighted by molar-refractivity contribution is 0.0662. The van der Waals surface area contributed by atoms with Gasteiger partial charge in [0.05, 0.1) is 18.1 Å². The van der Waals surface area contributed by atoms with Crippen molar-refractivity contribution in [3.8, 4) is 0 Å². The molecule has 162 valence electrons. The average Bonchev–Trinajstić information content (AvgIpc) is 3.29. The highest BCUT2D eigenvalue weighted by molar-refractivity contribution is 5.76. The molecule has 7 heteroatoms. The Hall–Kier alpha value is -2.28. The lowest BCUT2D eigenvalue weighted by Gasteiger charge is -2.43. The first-order valence-corrected chi connectivity index (χ1v) is 10.7. The Morgan fingerprint density at radius 1 is 1.24 bits per heavy atom. The third kappa shape index (κ3) is 4.06. The molecule has 1 N–H and O–H groups in total. The van der Waals surface area contributed by atoms with E-state index in [0.717, 1.165) is 55.5 Å². The van der Waals surface area contributed by atoms with Crippen molar-refractivity contribution in [1.29, 1.82) is 0 Å². The predicted molar refractivity (Wildman–Crippen MR) is 118 cm³/mol. The van der Waals surface area contributed by atoms with Gasteiger partial charge in [0.2, 0.25) is 0 Å². The van der Waals surface area contributed by atoms with Crippen LogP contribution in [0.3, 0.4) is 0 Å². The van der Waals surface area contributed by atoms with Crippen molar-refractivity contribution in [3.05, 3.63) is 34.2 Å². The van der Waals surface area contributed by atoms with Gasteiger partial charge in [0.1, 0.15) is 0 Å². The predicted octanol–water partition coefficient (Wildman–Crippen LogP) is 3.78. The molecule has 2 fully saturated rings. The van der Waals surface area contributed by atoms with Gasteiger partial charge >= 0.3 is 11.8 Å². The summed E-state index contributed by atoms with van der Waals surface area (Å²) in [6.07, 6.45) is 2.59. The molecular formula is C22H36N4O3. The smallest absolute Gasteiger partial charge is 0.409 e. The van der Waals surface area contributed by atoms with Crippen LogP contribution >= 0.6 is 0 Å². The molecule has 2 aliphatic rings. The number of likely N-dealkylation sites (tertiary alicyclic amines) is 2. The van der Waals surface area contributed by atoms with Crippen molar-refractivity contribution >= 4 is 17.1 Å². The molecule has 2 aromatic rings. The Kier molecular flexibility index (Phi) is 6.36. The number of imidazole rings is 1. The lowest BCUT2D eigenvalue weighted by Crippen LogP contribution is -2.52. The Balaban J connectivity index is 0.00000104. The topological polar surface area (TPSA) is 70.6 Å². The van der Waals surface area contributed by atoms with Gasteiger partial charge in [0, 0.05) is 39.2 Å². The number of benzene rings is 1. The van der Waals surface area contributed by atoms with E-state index in [4.69, 9.17) is 4.74 Å². The molecule has 1 amide bonds. The summed E-state index contributed by atoms with van der Waals surface area (Å²) in [4.78, 5) is 31.6. The minimum absolute atomic E-state index is 0. The molecule has 0 aliphatic carbocycles. The van der Waals surface area contributed by atoms with E-state index >= 15 is 0 Å². The zero-order valence-corrected chi connectivity index (χ0v) is 18.3. The summed E-state index contributed by atoms with van der Waals surface area (Å²) < 4.78 is 6.80. The second-order valence-corrected chi connectivity index (χ2v) is 8.18. The molecule has 1 unspecified atom stereocenters. The van der Waals surface area contributed by atoms with Gasteiger partial charge in [-0.2, -0.15) is 0 Å². The van der Waals surface area contributed by atoms with E-state index in [1.165, 1.54) is 7.11 Å². The standard InChI is InChI=1S/C20H28N4O3.C2H6.H2/c1-14-4-5-17-16(12-14)21-18(25)24(17)15-6-9-23(10-7-15)20(2)8-11-22(13-20)19(26)27-3;1-2;/h4-5,12,15H,6-11,13H2,1-3H3,(H,21,25);1-2H3;1H. The van der Waals surface area contributed by atoms with Crippen LogP contribution in [-0.2, 0) is 4.74 Å². The summed E-state index contributed by atoms with van der Waals surface area (Å²) in [5.74, 6) is 0. The lowest BCUT2D eigenvalue weighted by atomic mass is 9.93. The summed E-state index contributed by atoms with van der Waals surface area (Å²) >= 11 is 0. The maximum absolute atomic E-state index is 12.5. The first kappa shape index (κ1) is 21.4. The molecule has 1 atom stereocenters. The number of aryl methyl sites for hydroxylation is 1. The van der Waals surface area contributed by atoms with Crippen molar-refractivity contribution in [2.75, 3.05) is 33.3 Å². The number of methoxy groups -OCH3 is 1. The van der Waals surface area contributed by atoms with Gasteiger partial charge in [-0.1, -0.05) is 19.9 Å². The quantitative estimate of drug-likeness (QED) is 0.827. The van der Waals surface area contributed by atoms with Crippen LogP contribution in [0.15, 0.2) is 23.0 Å². The SMILES string of the molecule is CC.COC(=O)N1CCC(C)(N2CCC(n3c(=O)[nH]c4cc(C)ccc43)CC2)C1.[HH]. The van der Waals surface area contributed by atoms with Crippen molar-refractivity contribution < 1.29 is 11.0 Å². The number of nitrogens with zero attached hydrogens (tertiary/aromatic N) is 3. The average molecular weight is 405 g/mol. The maximum atomic E-state index is 12.5. The van der Waals surface area contributed by atoms with Gasteiger partial charge in [-0.25, -0.2) is 9.59 Å². The van der Waals surface area contributed by atoms with Gasteiger partial charge in [0.25, 0.3) is 0 Å². The Bertz CT molecular complexity index is 917. The normalized spacial score (nSPS) is 23.1. The molecule has 0 radical (unpaired) electrons. The molecular weight excluding hydrogens is 368 g/mol. The second kappa shape index (κ2) is 8.61. The van der Waals surface area contributed by atoms with Gasteiger partial charge < -0.3 is 14.6 Å². The molecule has 1 aromatic heterocycles. The fourth-order valence-electron chi connectivity index (χ4n) is 4.76. The number of H-pyrrole nitrogens is 1. The zero-order chi connectivity index (χ0) is 21.2. The summed E-state index contributed by atoms with van der Waals surface area (Å²) in [7, 11) is 1.43. The van der Waals surface area contributed by atoms with Crippen molar-refractivity contribution in [2.24, 2.45) is 0 Å². The van der Waals surface area contributed by atoms with E-state index in [2.05, 4.69) is 22.9 Å². The number of aromatic nitrogens is 2. The number of aromatic amines is 1. The Labute approximate surface area is 174 Å². The molecule has 0 spiro atoms. The number of piperidine rings is 1. The van der Waals surface area contributed by atoms with Crippen molar-refractivity contribution in [3.63, 3.8) is 0 Å². The number of hydrogen-bond acceptors (Lipinski definition) is 4. The van der Waals surface area contributed by atoms with E-state index in [1.807, 2.05) is 37.5 Å². The zero-order valence-electron chi connectivity index (χ0n) is 18.3. The van der Waals surface area contributed by atoms with E-state index in [-0.39, 0.29) is 24.8 Å². The molecule has 2 aliphatic heterocycles.